The number of aromatic amines is 1. The average molecular weight is 275 g/mol. The Morgan fingerprint density at radius 3 is 3.11 bits per heavy atom. The highest BCUT2D eigenvalue weighted by atomic mass is 32.2. The largest absolute Gasteiger partial charge is 0.368 e. The van der Waals surface area contributed by atoms with Crippen molar-refractivity contribution in [1.29, 1.82) is 0 Å². The maximum absolute atomic E-state index is 12.2. The number of nitrogens with one attached hydrogen (secondary N) is 1. The van der Waals surface area contributed by atoms with E-state index in [2.05, 4.69) is 21.2 Å². The van der Waals surface area contributed by atoms with Crippen molar-refractivity contribution in [3.8, 4) is 0 Å². The van der Waals surface area contributed by atoms with Crippen molar-refractivity contribution >= 4 is 29.3 Å². The van der Waals surface area contributed by atoms with Gasteiger partial charge in [0, 0.05) is 12.2 Å². The number of fused-ring (bicyclic) bond motifs is 1. The Balaban J connectivity index is 1.66. The molecule has 0 radical (unpaired) electrons. The second-order valence-corrected chi connectivity index (χ2v) is 5.16. The summed E-state index contributed by atoms with van der Waals surface area (Å²) in [6.07, 6.45) is 0.917. The second kappa shape index (κ2) is 4.93. The number of nitrogens with two attached hydrogens (primary N) is 1. The summed E-state index contributed by atoms with van der Waals surface area (Å²) in [6, 6.07) is 7.99. The number of rotatable bonds is 3. The van der Waals surface area contributed by atoms with Gasteiger partial charge in [0.25, 0.3) is 0 Å². The number of thioether (sulfide) groups is 1. The maximum Gasteiger partial charge on any atom is 0.237 e. The van der Waals surface area contributed by atoms with Gasteiger partial charge < -0.3 is 10.6 Å². The minimum absolute atomic E-state index is 0.0679. The van der Waals surface area contributed by atoms with Crippen LogP contribution in [-0.2, 0) is 11.2 Å². The van der Waals surface area contributed by atoms with Crippen LogP contribution in [0.25, 0.3) is 0 Å². The standard InChI is InChI=1S/C12H13N5OS/c13-11-14-12(16-15-11)19-7-10(18)17-6-5-8-3-1-2-4-9(8)17/h1-4H,5-7H2,(H3,13,14,15,16). The maximum atomic E-state index is 12.2. The van der Waals surface area contributed by atoms with Crippen molar-refractivity contribution in [2.24, 2.45) is 0 Å². The molecule has 3 rings (SSSR count). The van der Waals surface area contributed by atoms with Crippen LogP contribution in [0, 0.1) is 0 Å². The first-order valence-electron chi connectivity index (χ1n) is 5.93. The highest BCUT2D eigenvalue weighted by molar-refractivity contribution is 7.99. The number of para-hydroxylation sites is 1. The molecule has 3 N–H and O–H groups in total. The number of anilines is 2. The summed E-state index contributed by atoms with van der Waals surface area (Å²) in [6.45, 7) is 0.745. The van der Waals surface area contributed by atoms with E-state index in [1.165, 1.54) is 17.3 Å². The van der Waals surface area contributed by atoms with E-state index < -0.39 is 0 Å². The fraction of sp³-hybridized carbons (Fsp3) is 0.250. The highest BCUT2D eigenvalue weighted by Gasteiger charge is 2.24. The third-order valence-electron chi connectivity index (χ3n) is 3.00. The molecule has 1 aromatic heterocycles. The molecule has 0 saturated heterocycles. The van der Waals surface area contributed by atoms with E-state index in [4.69, 9.17) is 5.73 Å². The molecule has 0 atom stereocenters. The Hall–Kier alpha value is -2.02. The summed E-state index contributed by atoms with van der Waals surface area (Å²) in [4.78, 5) is 18.0. The molecule has 1 aliphatic rings. The Kier molecular flexibility index (Phi) is 3.12. The van der Waals surface area contributed by atoms with Crippen molar-refractivity contribution in [2.45, 2.75) is 11.6 Å². The van der Waals surface area contributed by atoms with Gasteiger partial charge in [0.15, 0.2) is 0 Å². The van der Waals surface area contributed by atoms with Crippen LogP contribution in [0.15, 0.2) is 29.4 Å². The molecule has 1 aliphatic heterocycles. The van der Waals surface area contributed by atoms with Gasteiger partial charge in [-0.2, -0.15) is 4.98 Å². The van der Waals surface area contributed by atoms with Crippen LogP contribution in [0.3, 0.4) is 0 Å². The van der Waals surface area contributed by atoms with Crippen molar-refractivity contribution in [3.05, 3.63) is 29.8 Å². The fourth-order valence-corrected chi connectivity index (χ4v) is 2.81. The third kappa shape index (κ3) is 2.41. The lowest BCUT2D eigenvalue weighted by atomic mass is 10.2. The second-order valence-electron chi connectivity index (χ2n) is 4.22. The third-order valence-corrected chi connectivity index (χ3v) is 3.83. The molecule has 0 aliphatic carbocycles. The van der Waals surface area contributed by atoms with E-state index in [0.29, 0.717) is 10.9 Å². The van der Waals surface area contributed by atoms with Gasteiger partial charge in [0.05, 0.1) is 5.75 Å². The van der Waals surface area contributed by atoms with Gasteiger partial charge in [-0.05, 0) is 18.1 Å². The summed E-state index contributed by atoms with van der Waals surface area (Å²) in [5, 5.41) is 6.94. The molecule has 2 aromatic rings. The molecular formula is C12H13N5OS. The van der Waals surface area contributed by atoms with Crippen LogP contribution in [-0.4, -0.2) is 33.4 Å². The number of nitrogen functional groups attached to an aromatic ring is 1. The number of carbonyl (C=O) groups excluding carboxylic acids is 1. The van der Waals surface area contributed by atoms with Crippen LogP contribution < -0.4 is 10.6 Å². The number of hydrogen-bond acceptors (Lipinski definition) is 5. The number of benzene rings is 1. The molecule has 19 heavy (non-hydrogen) atoms. The van der Waals surface area contributed by atoms with E-state index in [9.17, 15) is 4.79 Å². The highest BCUT2D eigenvalue weighted by Crippen LogP contribution is 2.28. The molecule has 2 heterocycles. The van der Waals surface area contributed by atoms with Crippen LogP contribution in [0.2, 0.25) is 0 Å². The lowest BCUT2D eigenvalue weighted by Gasteiger charge is -2.16. The number of carbonyl (C=O) groups is 1. The van der Waals surface area contributed by atoms with Gasteiger partial charge in [-0.3, -0.25) is 4.79 Å². The minimum Gasteiger partial charge on any atom is -0.368 e. The number of nitrogens with zero attached hydrogens (tertiary/aromatic N) is 3. The van der Waals surface area contributed by atoms with Gasteiger partial charge in [0.1, 0.15) is 0 Å². The first-order chi connectivity index (χ1) is 9.24. The fourth-order valence-electron chi connectivity index (χ4n) is 2.12. The van der Waals surface area contributed by atoms with Crippen LogP contribution in [0.1, 0.15) is 5.56 Å². The monoisotopic (exact) mass is 275 g/mol. The number of hydrogen-bond donors (Lipinski definition) is 2. The van der Waals surface area contributed by atoms with Gasteiger partial charge in [0.2, 0.25) is 17.0 Å². The summed E-state index contributed by atoms with van der Waals surface area (Å²) >= 11 is 1.29. The summed E-state index contributed by atoms with van der Waals surface area (Å²) in [5.41, 5.74) is 7.67. The molecule has 0 bridgehead atoms. The van der Waals surface area contributed by atoms with Gasteiger partial charge in [-0.15, -0.1) is 5.10 Å². The Morgan fingerprint density at radius 2 is 2.32 bits per heavy atom. The molecule has 0 saturated carbocycles. The SMILES string of the molecule is Nc1nc(SCC(=O)N2CCc3ccccc32)n[nH]1. The Morgan fingerprint density at radius 1 is 1.47 bits per heavy atom. The zero-order valence-electron chi connectivity index (χ0n) is 10.2. The molecule has 0 fully saturated rings. The summed E-state index contributed by atoms with van der Waals surface area (Å²) < 4.78 is 0. The lowest BCUT2D eigenvalue weighted by Crippen LogP contribution is -2.30. The van der Waals surface area contributed by atoms with Gasteiger partial charge >= 0.3 is 0 Å². The van der Waals surface area contributed by atoms with E-state index >= 15 is 0 Å². The molecule has 0 spiro atoms. The molecule has 0 unspecified atom stereocenters. The lowest BCUT2D eigenvalue weighted by molar-refractivity contribution is -0.116. The number of amides is 1. The van der Waals surface area contributed by atoms with E-state index in [1.807, 2.05) is 23.1 Å². The average Bonchev–Trinajstić information content (AvgIpc) is 3.02. The van der Waals surface area contributed by atoms with Crippen LogP contribution in [0.4, 0.5) is 11.6 Å². The minimum atomic E-state index is 0.0679. The van der Waals surface area contributed by atoms with E-state index in [0.717, 1.165) is 18.7 Å². The van der Waals surface area contributed by atoms with E-state index in [1.54, 1.807) is 0 Å². The topological polar surface area (TPSA) is 87.9 Å². The first-order valence-corrected chi connectivity index (χ1v) is 6.91. The van der Waals surface area contributed by atoms with Gasteiger partial charge in [-0.25, -0.2) is 5.10 Å². The Labute approximate surface area is 114 Å². The predicted octanol–water partition coefficient (Wildman–Crippen LogP) is 1.07. The molecule has 1 amide bonds. The number of H-pyrrole nitrogens is 1. The zero-order chi connectivity index (χ0) is 13.2. The van der Waals surface area contributed by atoms with Crippen LogP contribution in [0.5, 0.6) is 0 Å². The first kappa shape index (κ1) is 12.0. The zero-order valence-corrected chi connectivity index (χ0v) is 11.0. The van der Waals surface area contributed by atoms with Crippen molar-refractivity contribution in [3.63, 3.8) is 0 Å². The van der Waals surface area contributed by atoms with Gasteiger partial charge in [-0.1, -0.05) is 30.0 Å². The van der Waals surface area contributed by atoms with Crippen molar-refractivity contribution in [1.82, 2.24) is 15.2 Å². The normalized spacial score (nSPS) is 13.6. The smallest absolute Gasteiger partial charge is 0.237 e. The summed E-state index contributed by atoms with van der Waals surface area (Å²) in [7, 11) is 0. The van der Waals surface area contributed by atoms with Crippen molar-refractivity contribution in [2.75, 3.05) is 22.9 Å². The molecule has 98 valence electrons. The van der Waals surface area contributed by atoms with E-state index in [-0.39, 0.29) is 11.9 Å². The molecule has 1 aromatic carbocycles. The Bertz CT molecular complexity index is 612. The molecule has 7 heteroatoms. The van der Waals surface area contributed by atoms with Crippen LogP contribution >= 0.6 is 11.8 Å². The predicted molar refractivity (Wildman–Crippen MR) is 74.0 cm³/mol. The quantitative estimate of drug-likeness (QED) is 0.818. The molecule has 6 nitrogen and oxygen atoms in total. The summed E-state index contributed by atoms with van der Waals surface area (Å²) in [5.74, 6) is 0.644. The molecular weight excluding hydrogens is 262 g/mol. The van der Waals surface area contributed by atoms with Crippen molar-refractivity contribution < 1.29 is 4.79 Å². The number of aromatic nitrogens is 3.